The van der Waals surface area contributed by atoms with Gasteiger partial charge in [0.1, 0.15) is 11.1 Å². The average Bonchev–Trinajstić information content (AvgIpc) is 2.57. The van der Waals surface area contributed by atoms with Gasteiger partial charge in [-0.1, -0.05) is 11.6 Å². The molecule has 1 aliphatic rings. The van der Waals surface area contributed by atoms with Gasteiger partial charge in [-0.3, -0.25) is 14.6 Å². The number of H-pyrrole nitrogens is 1. The maximum absolute atomic E-state index is 12.5. The van der Waals surface area contributed by atoms with Crippen LogP contribution in [-0.2, 0) is 4.74 Å². The number of amides is 1. The van der Waals surface area contributed by atoms with Crippen LogP contribution in [0.1, 0.15) is 22.0 Å². The molecular weight excluding hydrogens is 306 g/mol. The fraction of sp³-hybridized carbons (Fsp3) is 0.267. The van der Waals surface area contributed by atoms with Crippen LogP contribution >= 0.6 is 11.6 Å². The van der Waals surface area contributed by atoms with Gasteiger partial charge in [0.05, 0.1) is 18.7 Å². The lowest BCUT2D eigenvalue weighted by atomic mass is 10.1. The molecule has 1 fully saturated rings. The lowest BCUT2D eigenvalue weighted by Gasteiger charge is -2.33. The van der Waals surface area contributed by atoms with E-state index in [1.54, 1.807) is 17.3 Å². The molecule has 6 nitrogen and oxygen atoms in total. The zero-order valence-electron chi connectivity index (χ0n) is 11.7. The van der Waals surface area contributed by atoms with E-state index in [0.29, 0.717) is 25.3 Å². The number of carbonyl (C=O) groups excluding carboxylic acids is 1. The fourth-order valence-corrected chi connectivity index (χ4v) is 2.55. The highest BCUT2D eigenvalue weighted by Gasteiger charge is 2.26. The molecule has 0 unspecified atom stereocenters. The summed E-state index contributed by atoms with van der Waals surface area (Å²) >= 11 is 5.78. The quantitative estimate of drug-likeness (QED) is 0.913. The molecule has 2 aromatic rings. The highest BCUT2D eigenvalue weighted by molar-refractivity contribution is 6.30. The number of ether oxygens (including phenoxy) is 1. The summed E-state index contributed by atoms with van der Waals surface area (Å²) in [6.07, 6.45) is 4.59. The molecule has 0 aromatic carbocycles. The minimum absolute atomic E-state index is 0.00444. The Balaban J connectivity index is 1.78. The minimum atomic E-state index is -0.408. The van der Waals surface area contributed by atoms with Gasteiger partial charge in [-0.15, -0.1) is 0 Å². The summed E-state index contributed by atoms with van der Waals surface area (Å²) in [5, 5.41) is 0.00444. The van der Waals surface area contributed by atoms with Crippen molar-refractivity contribution in [3.8, 4) is 0 Å². The molecule has 22 heavy (non-hydrogen) atoms. The van der Waals surface area contributed by atoms with Gasteiger partial charge in [0.15, 0.2) is 0 Å². The normalized spacial score (nSPS) is 18.2. The summed E-state index contributed by atoms with van der Waals surface area (Å²) in [7, 11) is 0. The first-order valence-corrected chi connectivity index (χ1v) is 7.22. The Morgan fingerprint density at radius 1 is 1.41 bits per heavy atom. The van der Waals surface area contributed by atoms with Crippen molar-refractivity contribution in [3.63, 3.8) is 0 Å². The molecule has 1 atom stereocenters. The second kappa shape index (κ2) is 6.29. The molecule has 0 spiro atoms. The Bertz CT molecular complexity index is 732. The van der Waals surface area contributed by atoms with Gasteiger partial charge in [0.2, 0.25) is 0 Å². The van der Waals surface area contributed by atoms with E-state index in [1.165, 1.54) is 12.3 Å². The SMILES string of the molecule is O=C(c1c[nH]c(=O)c(Cl)c1)N1CCO[C@H](c2ccncc2)C1. The standard InChI is InChI=1S/C15H14ClN3O3/c16-12-7-11(8-18-14(12)20)15(21)19-5-6-22-13(9-19)10-1-3-17-4-2-10/h1-4,7-8,13H,5-6,9H2,(H,18,20)/t13-/m0/s1. The van der Waals surface area contributed by atoms with E-state index in [-0.39, 0.29) is 17.0 Å². The Morgan fingerprint density at radius 2 is 2.18 bits per heavy atom. The number of nitrogens with zero attached hydrogens (tertiary/aromatic N) is 2. The molecule has 7 heteroatoms. The molecule has 1 saturated heterocycles. The molecule has 0 aliphatic carbocycles. The lowest BCUT2D eigenvalue weighted by Crippen LogP contribution is -2.42. The lowest BCUT2D eigenvalue weighted by molar-refractivity contribution is -0.0228. The van der Waals surface area contributed by atoms with Crippen LogP contribution in [0.15, 0.2) is 41.6 Å². The fourth-order valence-electron chi connectivity index (χ4n) is 2.38. The molecule has 1 N–H and O–H groups in total. The molecule has 0 bridgehead atoms. The number of hydrogen-bond donors (Lipinski definition) is 1. The first kappa shape index (κ1) is 14.7. The zero-order valence-corrected chi connectivity index (χ0v) is 12.4. The van der Waals surface area contributed by atoms with Crippen LogP contribution in [0.3, 0.4) is 0 Å². The first-order valence-electron chi connectivity index (χ1n) is 6.84. The van der Waals surface area contributed by atoms with Crippen molar-refractivity contribution >= 4 is 17.5 Å². The summed E-state index contributed by atoms with van der Waals surface area (Å²) in [6.45, 7) is 1.40. The maximum Gasteiger partial charge on any atom is 0.266 e. The molecule has 2 aromatic heterocycles. The van der Waals surface area contributed by atoms with Gasteiger partial charge < -0.3 is 14.6 Å². The Morgan fingerprint density at radius 3 is 2.91 bits per heavy atom. The summed E-state index contributed by atoms with van der Waals surface area (Å²) in [5.41, 5.74) is 0.932. The number of aromatic amines is 1. The van der Waals surface area contributed by atoms with E-state index < -0.39 is 5.56 Å². The highest BCUT2D eigenvalue weighted by atomic mass is 35.5. The first-order chi connectivity index (χ1) is 10.6. The van der Waals surface area contributed by atoms with Crippen LogP contribution in [0.2, 0.25) is 5.02 Å². The van der Waals surface area contributed by atoms with Crippen molar-refractivity contribution in [1.29, 1.82) is 0 Å². The number of carbonyl (C=O) groups is 1. The number of halogens is 1. The van der Waals surface area contributed by atoms with E-state index in [2.05, 4.69) is 9.97 Å². The van der Waals surface area contributed by atoms with Crippen LogP contribution < -0.4 is 5.56 Å². The van der Waals surface area contributed by atoms with Crippen molar-refractivity contribution in [3.05, 3.63) is 63.3 Å². The number of pyridine rings is 2. The second-order valence-corrected chi connectivity index (χ2v) is 5.36. The summed E-state index contributed by atoms with van der Waals surface area (Å²) in [5.74, 6) is -0.180. The van der Waals surface area contributed by atoms with E-state index in [9.17, 15) is 9.59 Å². The van der Waals surface area contributed by atoms with Crippen molar-refractivity contribution in [1.82, 2.24) is 14.9 Å². The predicted molar refractivity (Wildman–Crippen MR) is 80.9 cm³/mol. The summed E-state index contributed by atoms with van der Waals surface area (Å²) in [4.78, 5) is 31.9. The van der Waals surface area contributed by atoms with Crippen LogP contribution in [0, 0.1) is 0 Å². The predicted octanol–water partition coefficient (Wildman–Crippen LogP) is 1.64. The zero-order chi connectivity index (χ0) is 15.5. The largest absolute Gasteiger partial charge is 0.370 e. The van der Waals surface area contributed by atoms with Crippen LogP contribution in [0.4, 0.5) is 0 Å². The smallest absolute Gasteiger partial charge is 0.266 e. The second-order valence-electron chi connectivity index (χ2n) is 4.96. The van der Waals surface area contributed by atoms with E-state index in [4.69, 9.17) is 16.3 Å². The minimum Gasteiger partial charge on any atom is -0.370 e. The monoisotopic (exact) mass is 319 g/mol. The third-order valence-corrected chi connectivity index (χ3v) is 3.82. The molecule has 0 saturated carbocycles. The number of morpholine rings is 1. The maximum atomic E-state index is 12.5. The molecular formula is C15H14ClN3O3. The highest BCUT2D eigenvalue weighted by Crippen LogP contribution is 2.22. The third-order valence-electron chi connectivity index (χ3n) is 3.54. The van der Waals surface area contributed by atoms with Crippen LogP contribution in [0.5, 0.6) is 0 Å². The molecule has 3 rings (SSSR count). The third kappa shape index (κ3) is 3.03. The Hall–Kier alpha value is -2.18. The van der Waals surface area contributed by atoms with E-state index in [0.717, 1.165) is 5.56 Å². The van der Waals surface area contributed by atoms with E-state index >= 15 is 0 Å². The number of hydrogen-bond acceptors (Lipinski definition) is 4. The van der Waals surface area contributed by atoms with Gasteiger partial charge in [-0.2, -0.15) is 0 Å². The Labute approximate surface area is 131 Å². The summed E-state index contributed by atoms with van der Waals surface area (Å²) in [6, 6.07) is 5.13. The molecule has 0 radical (unpaired) electrons. The van der Waals surface area contributed by atoms with Crippen molar-refractivity contribution in [2.75, 3.05) is 19.7 Å². The number of rotatable bonds is 2. The van der Waals surface area contributed by atoms with Gasteiger partial charge in [-0.25, -0.2) is 0 Å². The summed E-state index contributed by atoms with van der Waals surface area (Å²) < 4.78 is 5.72. The molecule has 1 aliphatic heterocycles. The number of nitrogens with one attached hydrogen (secondary N) is 1. The van der Waals surface area contributed by atoms with Gasteiger partial charge in [0.25, 0.3) is 11.5 Å². The Kier molecular flexibility index (Phi) is 4.22. The van der Waals surface area contributed by atoms with Crippen LogP contribution in [-0.4, -0.2) is 40.5 Å². The number of aromatic nitrogens is 2. The van der Waals surface area contributed by atoms with Crippen molar-refractivity contribution < 1.29 is 9.53 Å². The van der Waals surface area contributed by atoms with Crippen LogP contribution in [0.25, 0.3) is 0 Å². The van der Waals surface area contributed by atoms with Gasteiger partial charge in [-0.05, 0) is 23.8 Å². The topological polar surface area (TPSA) is 75.3 Å². The molecule has 3 heterocycles. The molecule has 1 amide bonds. The van der Waals surface area contributed by atoms with Gasteiger partial charge >= 0.3 is 0 Å². The van der Waals surface area contributed by atoms with Crippen molar-refractivity contribution in [2.24, 2.45) is 0 Å². The van der Waals surface area contributed by atoms with Gasteiger partial charge in [0, 0.05) is 25.1 Å². The average molecular weight is 320 g/mol. The molecule has 114 valence electrons. The van der Waals surface area contributed by atoms with Crippen molar-refractivity contribution in [2.45, 2.75) is 6.10 Å². The van der Waals surface area contributed by atoms with E-state index in [1.807, 2.05) is 12.1 Å².